The second-order valence-corrected chi connectivity index (χ2v) is 6.48. The van der Waals surface area contributed by atoms with Gasteiger partial charge in [-0.2, -0.15) is 0 Å². The van der Waals surface area contributed by atoms with Gasteiger partial charge in [0, 0.05) is 24.4 Å². The van der Waals surface area contributed by atoms with Gasteiger partial charge in [0.25, 0.3) is 0 Å². The lowest BCUT2D eigenvalue weighted by Crippen LogP contribution is -2.26. The van der Waals surface area contributed by atoms with Crippen molar-refractivity contribution in [3.8, 4) is 5.75 Å². The molecule has 0 saturated carbocycles. The first kappa shape index (κ1) is 21.8. The lowest BCUT2D eigenvalue weighted by molar-refractivity contribution is -0.670. The lowest BCUT2D eigenvalue weighted by atomic mass is 10.1. The van der Waals surface area contributed by atoms with Crippen LogP contribution in [0.4, 0.5) is 11.4 Å². The van der Waals surface area contributed by atoms with E-state index in [0.717, 1.165) is 16.9 Å². The van der Waals surface area contributed by atoms with Crippen molar-refractivity contribution in [1.82, 2.24) is 0 Å². The molecule has 144 valence electrons. The molecule has 1 aromatic heterocycles. The molecule has 0 aliphatic carbocycles. The van der Waals surface area contributed by atoms with Gasteiger partial charge in [0.05, 0.1) is 6.61 Å². The Bertz CT molecular complexity index is 796. The van der Waals surface area contributed by atoms with Crippen LogP contribution in [0.1, 0.15) is 18.9 Å². The summed E-state index contributed by atoms with van der Waals surface area (Å²) in [4.78, 5) is 0. The summed E-state index contributed by atoms with van der Waals surface area (Å²) in [5.74, 6) is 0.203. The van der Waals surface area contributed by atoms with Gasteiger partial charge >= 0.3 is 0 Å². The van der Waals surface area contributed by atoms with Crippen LogP contribution in [0.3, 0.4) is 0 Å². The van der Waals surface area contributed by atoms with Gasteiger partial charge in [0.1, 0.15) is 18.5 Å². The fraction of sp³-hybridized carbons (Fsp3) is 0.353. The van der Waals surface area contributed by atoms with Gasteiger partial charge in [-0.15, -0.1) is 0 Å². The molecule has 0 aliphatic heterocycles. The monoisotopic (exact) mass is 384 g/mol. The second-order valence-electron chi connectivity index (χ2n) is 5.43. The molecular formula is C17H24N2O6S. The minimum absolute atomic E-state index is 0.0220. The summed E-state index contributed by atoms with van der Waals surface area (Å²) in [6.45, 7) is 1.73. The fourth-order valence-electron chi connectivity index (χ4n) is 1.99. The van der Waals surface area contributed by atoms with Crippen molar-refractivity contribution >= 4 is 21.8 Å². The van der Waals surface area contributed by atoms with Crippen molar-refractivity contribution < 1.29 is 31.9 Å². The number of aromatic nitrogens is 1. The Morgan fingerprint density at radius 1 is 1.27 bits per heavy atom. The summed E-state index contributed by atoms with van der Waals surface area (Å²) in [5.41, 5.74) is 2.52. The Labute approximate surface area is 153 Å². The number of aliphatic hydroxyl groups excluding tert-OH is 1. The van der Waals surface area contributed by atoms with Crippen LogP contribution in [0.15, 0.2) is 42.7 Å². The SMILES string of the molecule is CCCOS(=O)(=O)[O-].C[n+]1cccc(Nc2ccc(CCO)c(O)c2)c1. The maximum Gasteiger partial charge on any atom is 0.217 e. The number of hydrogen-bond donors (Lipinski definition) is 3. The maximum absolute atomic E-state index is 9.80. The lowest BCUT2D eigenvalue weighted by Gasteiger charge is -2.08. The number of rotatable bonds is 7. The molecule has 2 aromatic rings. The van der Waals surface area contributed by atoms with E-state index in [1.54, 1.807) is 13.0 Å². The summed E-state index contributed by atoms with van der Waals surface area (Å²) < 4.78 is 34.6. The number of aryl methyl sites for hydroxylation is 1. The third-order valence-corrected chi connectivity index (χ3v) is 3.58. The highest BCUT2D eigenvalue weighted by Crippen LogP contribution is 2.24. The molecule has 0 spiro atoms. The molecular weight excluding hydrogens is 360 g/mol. The van der Waals surface area contributed by atoms with Crippen LogP contribution in [0, 0.1) is 0 Å². The van der Waals surface area contributed by atoms with E-state index in [0.29, 0.717) is 12.8 Å². The highest BCUT2D eigenvalue weighted by Gasteiger charge is 2.04. The third-order valence-electron chi connectivity index (χ3n) is 3.13. The number of phenols is 1. The van der Waals surface area contributed by atoms with Crippen molar-refractivity contribution in [2.24, 2.45) is 7.05 Å². The second kappa shape index (κ2) is 10.7. The summed E-state index contributed by atoms with van der Waals surface area (Å²) in [7, 11) is -2.48. The Hall–Kier alpha value is -2.20. The fourth-order valence-corrected chi connectivity index (χ4v) is 2.36. The zero-order valence-corrected chi connectivity index (χ0v) is 15.6. The predicted molar refractivity (Wildman–Crippen MR) is 95.7 cm³/mol. The quantitative estimate of drug-likeness (QED) is 0.374. The van der Waals surface area contributed by atoms with Gasteiger partial charge in [-0.1, -0.05) is 13.0 Å². The summed E-state index contributed by atoms with van der Waals surface area (Å²) in [6, 6.07) is 9.27. The molecule has 0 fully saturated rings. The van der Waals surface area contributed by atoms with Crippen LogP contribution in [-0.4, -0.2) is 36.4 Å². The Morgan fingerprint density at radius 2 is 2.00 bits per heavy atom. The number of nitrogens with zero attached hydrogens (tertiary/aromatic N) is 1. The summed E-state index contributed by atoms with van der Waals surface area (Å²) in [5, 5.41) is 21.9. The van der Waals surface area contributed by atoms with Crippen molar-refractivity contribution in [3.63, 3.8) is 0 Å². The molecule has 0 atom stereocenters. The van der Waals surface area contributed by atoms with E-state index in [2.05, 4.69) is 9.50 Å². The van der Waals surface area contributed by atoms with E-state index < -0.39 is 10.4 Å². The van der Waals surface area contributed by atoms with Gasteiger partial charge in [0.2, 0.25) is 10.4 Å². The molecule has 0 aliphatic rings. The van der Waals surface area contributed by atoms with Gasteiger partial charge in [-0.3, -0.25) is 4.18 Å². The molecule has 0 radical (unpaired) electrons. The van der Waals surface area contributed by atoms with Crippen LogP contribution in [-0.2, 0) is 28.1 Å². The molecule has 0 unspecified atom stereocenters. The average Bonchev–Trinajstić information content (AvgIpc) is 2.56. The number of phenolic OH excluding ortho intramolecular Hbond substituents is 1. The molecule has 1 aromatic carbocycles. The van der Waals surface area contributed by atoms with Crippen molar-refractivity contribution in [2.45, 2.75) is 19.8 Å². The maximum atomic E-state index is 9.80. The molecule has 1 heterocycles. The van der Waals surface area contributed by atoms with Crippen molar-refractivity contribution in [3.05, 3.63) is 48.3 Å². The number of benzene rings is 1. The van der Waals surface area contributed by atoms with E-state index in [1.165, 1.54) is 0 Å². The number of hydrogen-bond acceptors (Lipinski definition) is 7. The highest BCUT2D eigenvalue weighted by molar-refractivity contribution is 7.80. The molecule has 3 N–H and O–H groups in total. The smallest absolute Gasteiger partial charge is 0.217 e. The predicted octanol–water partition coefficient (Wildman–Crippen LogP) is 1.37. The van der Waals surface area contributed by atoms with E-state index in [4.69, 9.17) is 5.11 Å². The van der Waals surface area contributed by atoms with Crippen LogP contribution in [0.5, 0.6) is 5.75 Å². The van der Waals surface area contributed by atoms with Crippen LogP contribution < -0.4 is 9.88 Å². The minimum Gasteiger partial charge on any atom is -0.726 e. The topological polar surface area (TPSA) is 123 Å². The van der Waals surface area contributed by atoms with E-state index in [1.807, 2.05) is 48.3 Å². The molecule has 2 rings (SSSR count). The molecule has 0 bridgehead atoms. The number of aliphatic hydroxyl groups is 1. The van der Waals surface area contributed by atoms with Crippen LogP contribution in [0.2, 0.25) is 0 Å². The van der Waals surface area contributed by atoms with Gasteiger partial charge in [-0.25, -0.2) is 13.0 Å². The number of anilines is 2. The highest BCUT2D eigenvalue weighted by atomic mass is 32.3. The van der Waals surface area contributed by atoms with E-state index in [9.17, 15) is 18.1 Å². The zero-order chi connectivity index (χ0) is 19.6. The Morgan fingerprint density at radius 3 is 2.50 bits per heavy atom. The van der Waals surface area contributed by atoms with Gasteiger partial charge in [0.15, 0.2) is 12.4 Å². The van der Waals surface area contributed by atoms with E-state index >= 15 is 0 Å². The average molecular weight is 384 g/mol. The van der Waals surface area contributed by atoms with E-state index in [-0.39, 0.29) is 19.0 Å². The molecule has 8 nitrogen and oxygen atoms in total. The molecule has 0 amide bonds. The van der Waals surface area contributed by atoms with Crippen molar-refractivity contribution in [2.75, 3.05) is 18.5 Å². The first-order valence-electron chi connectivity index (χ1n) is 8.00. The summed E-state index contributed by atoms with van der Waals surface area (Å²) >= 11 is 0. The van der Waals surface area contributed by atoms with Crippen molar-refractivity contribution in [1.29, 1.82) is 0 Å². The number of nitrogens with one attached hydrogen (secondary N) is 1. The number of aromatic hydroxyl groups is 1. The van der Waals surface area contributed by atoms with Gasteiger partial charge in [-0.05, 0) is 30.5 Å². The number of pyridine rings is 1. The Balaban J connectivity index is 0.000000359. The largest absolute Gasteiger partial charge is 0.726 e. The minimum atomic E-state index is -4.44. The van der Waals surface area contributed by atoms with Gasteiger partial charge < -0.3 is 20.1 Å². The molecule has 26 heavy (non-hydrogen) atoms. The molecule has 0 saturated heterocycles. The first-order chi connectivity index (χ1) is 12.2. The summed E-state index contributed by atoms with van der Waals surface area (Å²) in [6.07, 6.45) is 4.90. The third kappa shape index (κ3) is 8.77. The molecule has 9 heteroatoms. The zero-order valence-electron chi connectivity index (χ0n) is 14.8. The Kier molecular flexibility index (Phi) is 9.00. The standard InChI is InChI=1S/C14H16N2O2.C3H8O4S/c1-16-7-2-3-13(10-16)15-12-5-4-11(6-8-17)14(18)9-12;1-2-3-7-8(4,5)6/h2-5,7,9-10,15,17H,6,8H2,1H3;2-3H2,1H3,(H,4,5,6). The van der Waals surface area contributed by atoms with Crippen LogP contribution >= 0.6 is 0 Å². The first-order valence-corrected chi connectivity index (χ1v) is 9.33. The van der Waals surface area contributed by atoms with Crippen LogP contribution in [0.25, 0.3) is 0 Å². The normalized spacial score (nSPS) is 10.8.